The molecule has 1 aliphatic carbocycles. The highest BCUT2D eigenvalue weighted by Gasteiger charge is 2.30. The van der Waals surface area contributed by atoms with Gasteiger partial charge in [0.2, 0.25) is 0 Å². The van der Waals surface area contributed by atoms with E-state index in [4.69, 9.17) is 0 Å². The minimum absolute atomic E-state index is 0.738. The Bertz CT molecular complexity index is 382. The van der Waals surface area contributed by atoms with Crippen molar-refractivity contribution in [3.05, 3.63) is 21.4 Å². The molecule has 1 N–H and O–H groups in total. The molecule has 18 heavy (non-hydrogen) atoms. The van der Waals surface area contributed by atoms with E-state index in [0.29, 0.717) is 0 Å². The first kappa shape index (κ1) is 14.0. The van der Waals surface area contributed by atoms with E-state index < -0.39 is 0 Å². The lowest BCUT2D eigenvalue weighted by Gasteiger charge is -2.24. The maximum absolute atomic E-state index is 3.41. The second-order valence-corrected chi connectivity index (χ2v) is 6.91. The molecule has 0 aromatic carbocycles. The molecule has 0 aliphatic heterocycles. The number of rotatable bonds is 7. The fraction of sp³-hybridized carbons (Fsp3) is 0.733. The van der Waals surface area contributed by atoms with Crippen molar-refractivity contribution in [2.24, 2.45) is 5.92 Å². The number of thiophene rings is 1. The zero-order valence-electron chi connectivity index (χ0n) is 12.1. The Morgan fingerprint density at radius 1 is 1.50 bits per heavy atom. The van der Waals surface area contributed by atoms with Crippen LogP contribution in [0.2, 0.25) is 0 Å². The van der Waals surface area contributed by atoms with Crippen molar-refractivity contribution < 1.29 is 0 Å². The molecular weight excluding hydrogens is 240 g/mol. The minimum Gasteiger partial charge on any atom is -0.312 e. The SMILES string of the molecule is CCNCc1cc(CN(C)C(C)C2CC2)c(C)s1. The minimum atomic E-state index is 0.738. The second kappa shape index (κ2) is 6.18. The van der Waals surface area contributed by atoms with Gasteiger partial charge in [-0.15, -0.1) is 11.3 Å². The van der Waals surface area contributed by atoms with Gasteiger partial charge in [-0.2, -0.15) is 0 Å². The topological polar surface area (TPSA) is 15.3 Å². The Morgan fingerprint density at radius 3 is 2.83 bits per heavy atom. The summed E-state index contributed by atoms with van der Waals surface area (Å²) in [5, 5.41) is 3.41. The summed E-state index contributed by atoms with van der Waals surface area (Å²) in [6, 6.07) is 3.13. The van der Waals surface area contributed by atoms with E-state index >= 15 is 0 Å². The van der Waals surface area contributed by atoms with Gasteiger partial charge in [-0.3, -0.25) is 4.90 Å². The van der Waals surface area contributed by atoms with Crippen LogP contribution in [0.5, 0.6) is 0 Å². The van der Waals surface area contributed by atoms with Crippen molar-refractivity contribution in [3.8, 4) is 0 Å². The maximum Gasteiger partial charge on any atom is 0.0299 e. The average molecular weight is 266 g/mol. The van der Waals surface area contributed by atoms with Gasteiger partial charge in [0.1, 0.15) is 0 Å². The van der Waals surface area contributed by atoms with Gasteiger partial charge in [0.05, 0.1) is 0 Å². The summed E-state index contributed by atoms with van der Waals surface area (Å²) < 4.78 is 0. The molecule has 102 valence electrons. The molecule has 2 nitrogen and oxygen atoms in total. The summed E-state index contributed by atoms with van der Waals surface area (Å²) in [4.78, 5) is 5.47. The lowest BCUT2D eigenvalue weighted by Crippen LogP contribution is -2.30. The molecule has 1 unspecified atom stereocenters. The van der Waals surface area contributed by atoms with E-state index in [-0.39, 0.29) is 0 Å². The molecule has 0 bridgehead atoms. The molecule has 1 aromatic heterocycles. The number of hydrogen-bond acceptors (Lipinski definition) is 3. The molecule has 0 amide bonds. The Hall–Kier alpha value is -0.380. The van der Waals surface area contributed by atoms with E-state index in [9.17, 15) is 0 Å². The van der Waals surface area contributed by atoms with Crippen LogP contribution in [0.4, 0.5) is 0 Å². The summed E-state index contributed by atoms with van der Waals surface area (Å²) >= 11 is 1.94. The Balaban J connectivity index is 1.93. The summed E-state index contributed by atoms with van der Waals surface area (Å²) in [7, 11) is 2.27. The van der Waals surface area contributed by atoms with Crippen LogP contribution < -0.4 is 5.32 Å². The van der Waals surface area contributed by atoms with Gasteiger partial charge in [0.25, 0.3) is 0 Å². The summed E-state index contributed by atoms with van der Waals surface area (Å²) in [6.07, 6.45) is 2.86. The smallest absolute Gasteiger partial charge is 0.0299 e. The highest BCUT2D eigenvalue weighted by Crippen LogP contribution is 2.35. The number of nitrogens with zero attached hydrogens (tertiary/aromatic N) is 1. The van der Waals surface area contributed by atoms with E-state index in [1.54, 1.807) is 0 Å². The fourth-order valence-electron chi connectivity index (χ4n) is 2.43. The van der Waals surface area contributed by atoms with Gasteiger partial charge in [-0.1, -0.05) is 6.92 Å². The fourth-order valence-corrected chi connectivity index (χ4v) is 3.45. The van der Waals surface area contributed by atoms with Gasteiger partial charge < -0.3 is 5.32 Å². The van der Waals surface area contributed by atoms with Crippen molar-refractivity contribution in [1.82, 2.24) is 10.2 Å². The van der Waals surface area contributed by atoms with Gasteiger partial charge >= 0.3 is 0 Å². The molecule has 1 saturated carbocycles. The van der Waals surface area contributed by atoms with Crippen molar-refractivity contribution in [2.45, 2.75) is 52.7 Å². The summed E-state index contributed by atoms with van der Waals surface area (Å²) in [6.45, 7) is 9.96. The highest BCUT2D eigenvalue weighted by atomic mass is 32.1. The lowest BCUT2D eigenvalue weighted by atomic mass is 10.1. The van der Waals surface area contributed by atoms with Gasteiger partial charge in [0, 0.05) is 28.9 Å². The standard InChI is InChI=1S/C15H26N2S/c1-5-16-9-15-8-14(12(3)18-15)10-17(4)11(2)13-6-7-13/h8,11,13,16H,5-7,9-10H2,1-4H3. The van der Waals surface area contributed by atoms with Crippen molar-refractivity contribution in [2.75, 3.05) is 13.6 Å². The lowest BCUT2D eigenvalue weighted by molar-refractivity contribution is 0.226. The molecule has 1 atom stereocenters. The molecule has 0 spiro atoms. The molecule has 1 aromatic rings. The van der Waals surface area contributed by atoms with E-state index in [1.807, 2.05) is 11.3 Å². The summed E-state index contributed by atoms with van der Waals surface area (Å²) in [5.74, 6) is 0.954. The van der Waals surface area contributed by atoms with Crippen LogP contribution in [0.25, 0.3) is 0 Å². The van der Waals surface area contributed by atoms with Gasteiger partial charge in [0.15, 0.2) is 0 Å². The number of hydrogen-bond donors (Lipinski definition) is 1. The molecule has 1 fully saturated rings. The van der Waals surface area contributed by atoms with Crippen LogP contribution in [0.3, 0.4) is 0 Å². The van der Waals surface area contributed by atoms with Gasteiger partial charge in [-0.05, 0) is 57.8 Å². The molecule has 1 aliphatic rings. The predicted molar refractivity (Wildman–Crippen MR) is 80.1 cm³/mol. The third-order valence-electron chi connectivity index (χ3n) is 4.04. The van der Waals surface area contributed by atoms with Crippen LogP contribution >= 0.6 is 11.3 Å². The van der Waals surface area contributed by atoms with Crippen LogP contribution in [0.15, 0.2) is 6.07 Å². The normalized spacial score (nSPS) is 17.4. The number of aryl methyl sites for hydroxylation is 1. The van der Waals surface area contributed by atoms with E-state index in [1.165, 1.54) is 28.2 Å². The molecular formula is C15H26N2S. The zero-order valence-corrected chi connectivity index (χ0v) is 12.9. The summed E-state index contributed by atoms with van der Waals surface area (Å²) in [5.41, 5.74) is 1.52. The van der Waals surface area contributed by atoms with Crippen molar-refractivity contribution in [3.63, 3.8) is 0 Å². The van der Waals surface area contributed by atoms with Crippen molar-refractivity contribution >= 4 is 11.3 Å². The quantitative estimate of drug-likeness (QED) is 0.814. The van der Waals surface area contributed by atoms with Crippen LogP contribution in [-0.4, -0.2) is 24.5 Å². The van der Waals surface area contributed by atoms with E-state index in [0.717, 1.165) is 31.6 Å². The molecule has 2 rings (SSSR count). The van der Waals surface area contributed by atoms with Gasteiger partial charge in [-0.25, -0.2) is 0 Å². The van der Waals surface area contributed by atoms with E-state index in [2.05, 4.69) is 44.1 Å². The molecule has 0 saturated heterocycles. The van der Waals surface area contributed by atoms with Crippen LogP contribution in [-0.2, 0) is 13.1 Å². The Kier molecular flexibility index (Phi) is 4.82. The second-order valence-electron chi connectivity index (χ2n) is 5.57. The first-order chi connectivity index (χ1) is 8.61. The first-order valence-electron chi connectivity index (χ1n) is 7.11. The molecule has 3 heteroatoms. The third-order valence-corrected chi connectivity index (χ3v) is 5.13. The third kappa shape index (κ3) is 3.56. The van der Waals surface area contributed by atoms with Crippen LogP contribution in [0, 0.1) is 12.8 Å². The van der Waals surface area contributed by atoms with Crippen LogP contribution in [0.1, 0.15) is 42.0 Å². The number of nitrogens with one attached hydrogen (secondary N) is 1. The zero-order chi connectivity index (χ0) is 13.1. The maximum atomic E-state index is 3.41. The Morgan fingerprint density at radius 2 is 2.22 bits per heavy atom. The molecule has 0 radical (unpaired) electrons. The average Bonchev–Trinajstić information content (AvgIpc) is 3.13. The predicted octanol–water partition coefficient (Wildman–Crippen LogP) is 3.40. The molecule has 1 heterocycles. The first-order valence-corrected chi connectivity index (χ1v) is 7.92. The Labute approximate surface area is 115 Å². The monoisotopic (exact) mass is 266 g/mol. The highest BCUT2D eigenvalue weighted by molar-refractivity contribution is 7.12. The van der Waals surface area contributed by atoms with Crippen molar-refractivity contribution in [1.29, 1.82) is 0 Å². The largest absolute Gasteiger partial charge is 0.312 e.